The molecule has 0 aliphatic carbocycles. The van der Waals surface area contributed by atoms with Gasteiger partial charge in [-0.1, -0.05) is 17.3 Å². The number of aromatic nitrogens is 5. The predicted octanol–water partition coefficient (Wildman–Crippen LogP) is 1.37. The number of carbonyl (C=O) groups excluding carboxylic acids is 1. The number of anilines is 1. The standard InChI is InChI=1S/C15H15FN6O2/c1-21-7-11(6-17-21)18-15(23)9-22-8-12(19-20-22)10-24-14-5-3-2-4-13(14)16/h2-8H,9-10H2,1H3,(H,18,23). The largest absolute Gasteiger partial charge is 0.484 e. The molecule has 0 unspecified atom stereocenters. The first-order valence-corrected chi connectivity index (χ1v) is 7.15. The van der Waals surface area contributed by atoms with Gasteiger partial charge in [0, 0.05) is 13.2 Å². The maximum absolute atomic E-state index is 13.5. The summed E-state index contributed by atoms with van der Waals surface area (Å²) in [6.45, 7) is 0.0623. The van der Waals surface area contributed by atoms with Gasteiger partial charge in [0.25, 0.3) is 0 Å². The van der Waals surface area contributed by atoms with E-state index in [1.54, 1.807) is 42.5 Å². The molecule has 1 N–H and O–H groups in total. The zero-order chi connectivity index (χ0) is 16.9. The maximum atomic E-state index is 13.5. The molecule has 2 aromatic heterocycles. The molecule has 124 valence electrons. The zero-order valence-corrected chi connectivity index (χ0v) is 12.9. The number of para-hydroxylation sites is 1. The van der Waals surface area contributed by atoms with Crippen LogP contribution in [0.4, 0.5) is 10.1 Å². The SMILES string of the molecule is Cn1cc(NC(=O)Cn2cc(COc3ccccc3F)nn2)cn1. The third-order valence-corrected chi connectivity index (χ3v) is 3.09. The van der Waals surface area contributed by atoms with Crippen LogP contribution < -0.4 is 10.1 Å². The van der Waals surface area contributed by atoms with Crippen LogP contribution in [0.5, 0.6) is 5.75 Å². The van der Waals surface area contributed by atoms with Gasteiger partial charge in [-0.2, -0.15) is 5.10 Å². The highest BCUT2D eigenvalue weighted by Crippen LogP contribution is 2.16. The molecule has 1 aromatic carbocycles. The third kappa shape index (κ3) is 3.94. The van der Waals surface area contributed by atoms with Crippen LogP contribution in [0.2, 0.25) is 0 Å². The van der Waals surface area contributed by atoms with Crippen LogP contribution in [0.3, 0.4) is 0 Å². The van der Waals surface area contributed by atoms with Gasteiger partial charge in [-0.15, -0.1) is 5.10 Å². The number of halogens is 1. The average molecular weight is 330 g/mol. The summed E-state index contributed by atoms with van der Waals surface area (Å²) < 4.78 is 21.8. The van der Waals surface area contributed by atoms with Crippen LogP contribution in [-0.2, 0) is 25.0 Å². The Kier molecular flexibility index (Phi) is 4.50. The fraction of sp³-hybridized carbons (Fsp3) is 0.200. The van der Waals surface area contributed by atoms with Gasteiger partial charge in [-0.25, -0.2) is 9.07 Å². The van der Waals surface area contributed by atoms with Crippen molar-refractivity contribution >= 4 is 11.6 Å². The van der Waals surface area contributed by atoms with E-state index in [0.717, 1.165) is 0 Å². The second kappa shape index (κ2) is 6.90. The van der Waals surface area contributed by atoms with Crippen molar-refractivity contribution in [3.8, 4) is 5.75 Å². The minimum absolute atomic E-state index is 0.00158. The highest BCUT2D eigenvalue weighted by atomic mass is 19.1. The highest BCUT2D eigenvalue weighted by molar-refractivity contribution is 5.90. The molecule has 8 nitrogen and oxygen atoms in total. The molecule has 1 amide bonds. The number of nitrogens with zero attached hydrogens (tertiary/aromatic N) is 5. The smallest absolute Gasteiger partial charge is 0.246 e. The molecular formula is C15H15FN6O2. The first-order chi connectivity index (χ1) is 11.6. The van der Waals surface area contributed by atoms with E-state index in [2.05, 4.69) is 20.7 Å². The number of nitrogens with one attached hydrogen (secondary N) is 1. The van der Waals surface area contributed by atoms with Crippen LogP contribution in [-0.4, -0.2) is 30.7 Å². The van der Waals surface area contributed by atoms with Crippen molar-refractivity contribution in [1.29, 1.82) is 0 Å². The van der Waals surface area contributed by atoms with E-state index in [0.29, 0.717) is 11.4 Å². The van der Waals surface area contributed by atoms with Gasteiger partial charge >= 0.3 is 0 Å². The lowest BCUT2D eigenvalue weighted by molar-refractivity contribution is -0.116. The van der Waals surface area contributed by atoms with Crippen molar-refractivity contribution in [2.24, 2.45) is 7.05 Å². The number of ether oxygens (including phenoxy) is 1. The zero-order valence-electron chi connectivity index (χ0n) is 12.9. The van der Waals surface area contributed by atoms with Crippen molar-refractivity contribution < 1.29 is 13.9 Å². The van der Waals surface area contributed by atoms with E-state index >= 15 is 0 Å². The molecule has 0 aliphatic heterocycles. The first kappa shape index (κ1) is 15.7. The number of rotatable bonds is 6. The van der Waals surface area contributed by atoms with Crippen LogP contribution >= 0.6 is 0 Å². The molecule has 0 saturated carbocycles. The summed E-state index contributed by atoms with van der Waals surface area (Å²) in [5.41, 5.74) is 1.10. The molecule has 0 fully saturated rings. The number of aryl methyl sites for hydroxylation is 1. The predicted molar refractivity (Wildman–Crippen MR) is 82.6 cm³/mol. The molecule has 9 heteroatoms. The number of amides is 1. The van der Waals surface area contributed by atoms with Gasteiger partial charge in [-0.3, -0.25) is 9.48 Å². The molecule has 0 saturated heterocycles. The molecule has 2 heterocycles. The number of benzene rings is 1. The summed E-state index contributed by atoms with van der Waals surface area (Å²) in [5, 5.41) is 14.4. The Morgan fingerprint density at radius 2 is 2.17 bits per heavy atom. The van der Waals surface area contributed by atoms with E-state index in [1.165, 1.54) is 16.8 Å². The minimum atomic E-state index is -0.444. The van der Waals surface area contributed by atoms with Crippen molar-refractivity contribution in [2.75, 3.05) is 5.32 Å². The molecule has 0 spiro atoms. The summed E-state index contributed by atoms with van der Waals surface area (Å²) in [7, 11) is 1.76. The number of hydrogen-bond donors (Lipinski definition) is 1. The summed E-state index contributed by atoms with van der Waals surface area (Å²) >= 11 is 0. The topological polar surface area (TPSA) is 86.9 Å². The Morgan fingerprint density at radius 3 is 2.92 bits per heavy atom. The molecule has 0 radical (unpaired) electrons. The Balaban J connectivity index is 1.53. The summed E-state index contributed by atoms with van der Waals surface area (Å²) in [5.74, 6) is -0.559. The number of carbonyl (C=O) groups is 1. The first-order valence-electron chi connectivity index (χ1n) is 7.15. The molecular weight excluding hydrogens is 315 g/mol. The fourth-order valence-corrected chi connectivity index (χ4v) is 2.03. The normalized spacial score (nSPS) is 10.6. The van der Waals surface area contributed by atoms with E-state index in [-0.39, 0.29) is 24.8 Å². The monoisotopic (exact) mass is 330 g/mol. The van der Waals surface area contributed by atoms with Crippen molar-refractivity contribution in [2.45, 2.75) is 13.2 Å². The second-order valence-corrected chi connectivity index (χ2v) is 5.08. The van der Waals surface area contributed by atoms with E-state index < -0.39 is 5.82 Å². The summed E-state index contributed by atoms with van der Waals surface area (Å²) in [4.78, 5) is 11.9. The highest BCUT2D eigenvalue weighted by Gasteiger charge is 2.09. The average Bonchev–Trinajstić information content (AvgIpc) is 3.15. The Labute approximate surface area is 136 Å². The van der Waals surface area contributed by atoms with Crippen LogP contribution in [0.1, 0.15) is 5.69 Å². The summed E-state index contributed by atoms with van der Waals surface area (Å²) in [6, 6.07) is 6.10. The van der Waals surface area contributed by atoms with E-state index in [4.69, 9.17) is 4.74 Å². The Bertz CT molecular complexity index is 844. The van der Waals surface area contributed by atoms with Crippen molar-refractivity contribution in [1.82, 2.24) is 24.8 Å². The quantitative estimate of drug-likeness (QED) is 0.737. The van der Waals surface area contributed by atoms with Crippen LogP contribution in [0.15, 0.2) is 42.9 Å². The molecule has 3 rings (SSSR count). The third-order valence-electron chi connectivity index (χ3n) is 3.09. The minimum Gasteiger partial charge on any atom is -0.484 e. The Hall–Kier alpha value is -3.23. The van der Waals surface area contributed by atoms with E-state index in [1.807, 2.05) is 0 Å². The van der Waals surface area contributed by atoms with Gasteiger partial charge in [0.05, 0.1) is 18.1 Å². The van der Waals surface area contributed by atoms with Gasteiger partial charge in [0.15, 0.2) is 11.6 Å². The molecule has 0 atom stereocenters. The Morgan fingerprint density at radius 1 is 1.33 bits per heavy atom. The maximum Gasteiger partial charge on any atom is 0.246 e. The summed E-state index contributed by atoms with van der Waals surface area (Å²) in [6.07, 6.45) is 4.81. The van der Waals surface area contributed by atoms with Gasteiger partial charge in [0.1, 0.15) is 18.8 Å². The van der Waals surface area contributed by atoms with Gasteiger partial charge in [-0.05, 0) is 12.1 Å². The molecule has 0 aliphatic rings. The van der Waals surface area contributed by atoms with Crippen molar-refractivity contribution in [3.63, 3.8) is 0 Å². The van der Waals surface area contributed by atoms with Gasteiger partial charge < -0.3 is 10.1 Å². The lowest BCUT2D eigenvalue weighted by atomic mass is 10.3. The van der Waals surface area contributed by atoms with Gasteiger partial charge in [0.2, 0.25) is 5.91 Å². The van der Waals surface area contributed by atoms with E-state index in [9.17, 15) is 9.18 Å². The van der Waals surface area contributed by atoms with Crippen LogP contribution in [0.25, 0.3) is 0 Å². The lowest BCUT2D eigenvalue weighted by Crippen LogP contribution is -2.18. The fourth-order valence-electron chi connectivity index (χ4n) is 2.03. The van der Waals surface area contributed by atoms with Crippen molar-refractivity contribution in [3.05, 3.63) is 54.4 Å². The lowest BCUT2D eigenvalue weighted by Gasteiger charge is -2.04. The van der Waals surface area contributed by atoms with Crippen LogP contribution in [0, 0.1) is 5.82 Å². The molecule has 3 aromatic rings. The molecule has 24 heavy (non-hydrogen) atoms. The molecule has 0 bridgehead atoms. The second-order valence-electron chi connectivity index (χ2n) is 5.08. The number of hydrogen-bond acceptors (Lipinski definition) is 5.